The van der Waals surface area contributed by atoms with E-state index in [1.807, 2.05) is 37.5 Å². The fraction of sp³-hybridized carbons (Fsp3) is 0.261. The van der Waals surface area contributed by atoms with Gasteiger partial charge in [0.25, 0.3) is 5.88 Å². The second-order valence-corrected chi connectivity index (χ2v) is 8.45. The first-order valence-corrected chi connectivity index (χ1v) is 11.0. The minimum Gasteiger partial charge on any atom is -0.475 e. The normalized spacial score (nSPS) is 16.1. The van der Waals surface area contributed by atoms with Crippen LogP contribution in [0.25, 0.3) is 33.5 Å². The van der Waals surface area contributed by atoms with Crippen LogP contribution in [-0.2, 0) is 11.8 Å². The molecule has 5 rings (SSSR count). The van der Waals surface area contributed by atoms with Gasteiger partial charge in [-0.2, -0.15) is 5.10 Å². The van der Waals surface area contributed by atoms with Crippen LogP contribution < -0.4 is 15.8 Å². The molecule has 33 heavy (non-hydrogen) atoms. The van der Waals surface area contributed by atoms with E-state index in [9.17, 15) is 4.79 Å². The van der Waals surface area contributed by atoms with Gasteiger partial charge in [0, 0.05) is 49.3 Å². The molecular formula is C23H22ClN7O2. The Morgan fingerprint density at radius 1 is 1.27 bits per heavy atom. The third-order valence-corrected chi connectivity index (χ3v) is 5.87. The minimum atomic E-state index is 0.0273. The molecule has 1 amide bonds. The molecule has 4 aromatic rings. The molecule has 1 saturated heterocycles. The summed E-state index contributed by atoms with van der Waals surface area (Å²) < 4.78 is 7.64. The summed E-state index contributed by atoms with van der Waals surface area (Å²) in [5, 5.41) is 8.68. The van der Waals surface area contributed by atoms with Crippen LogP contribution in [0.2, 0.25) is 5.02 Å². The number of pyridine rings is 1. The van der Waals surface area contributed by atoms with Crippen LogP contribution in [0.4, 0.5) is 5.82 Å². The average Bonchev–Trinajstić information content (AvgIpc) is 3.24. The lowest BCUT2D eigenvalue weighted by molar-refractivity contribution is -0.123. The lowest BCUT2D eigenvalue weighted by atomic mass is 9.99. The number of anilines is 1. The van der Waals surface area contributed by atoms with Crippen molar-refractivity contribution in [1.82, 2.24) is 30.0 Å². The molecule has 1 aromatic carbocycles. The number of nitrogens with zero attached hydrogens (tertiary/aromatic N) is 5. The smallest absolute Gasteiger partial charge is 0.257 e. The van der Waals surface area contributed by atoms with E-state index in [0.717, 1.165) is 17.4 Å². The molecule has 3 aromatic heterocycles. The summed E-state index contributed by atoms with van der Waals surface area (Å²) in [7, 11) is 1.83. The number of halogens is 1. The van der Waals surface area contributed by atoms with Crippen molar-refractivity contribution < 1.29 is 9.53 Å². The van der Waals surface area contributed by atoms with Crippen LogP contribution in [0.15, 0.2) is 42.7 Å². The van der Waals surface area contributed by atoms with Crippen molar-refractivity contribution >= 4 is 34.2 Å². The summed E-state index contributed by atoms with van der Waals surface area (Å²) in [4.78, 5) is 25.4. The Morgan fingerprint density at radius 2 is 2.15 bits per heavy atom. The maximum Gasteiger partial charge on any atom is 0.257 e. The fourth-order valence-corrected chi connectivity index (χ4v) is 4.21. The molecule has 168 valence electrons. The number of nitrogens with one attached hydrogen (secondary N) is 1. The Kier molecular flexibility index (Phi) is 5.55. The van der Waals surface area contributed by atoms with Crippen molar-refractivity contribution in [2.75, 3.05) is 18.9 Å². The molecule has 0 aliphatic carbocycles. The highest BCUT2D eigenvalue weighted by atomic mass is 35.5. The van der Waals surface area contributed by atoms with Crippen molar-refractivity contribution in [2.24, 2.45) is 13.0 Å². The number of aromatic nitrogens is 5. The average molecular weight is 464 g/mol. The van der Waals surface area contributed by atoms with Gasteiger partial charge in [0.15, 0.2) is 5.82 Å². The van der Waals surface area contributed by atoms with E-state index < -0.39 is 0 Å². The summed E-state index contributed by atoms with van der Waals surface area (Å²) in [6.45, 7) is 0.971. The van der Waals surface area contributed by atoms with Crippen LogP contribution in [0, 0.1) is 5.92 Å². The Labute approximate surface area is 195 Å². The highest BCUT2D eigenvalue weighted by Crippen LogP contribution is 2.36. The Morgan fingerprint density at radius 3 is 2.94 bits per heavy atom. The number of carbonyl (C=O) groups is 1. The minimum absolute atomic E-state index is 0.0273. The molecule has 1 aliphatic heterocycles. The van der Waals surface area contributed by atoms with Crippen molar-refractivity contribution in [3.8, 4) is 28.5 Å². The van der Waals surface area contributed by atoms with Crippen LogP contribution in [0.5, 0.6) is 5.88 Å². The number of ether oxygens (including phenoxy) is 1. The maximum absolute atomic E-state index is 11.7. The van der Waals surface area contributed by atoms with E-state index in [-0.39, 0.29) is 23.5 Å². The molecule has 3 N–H and O–H groups in total. The third-order valence-electron chi connectivity index (χ3n) is 5.58. The molecule has 1 atom stereocenters. The molecule has 0 bridgehead atoms. The zero-order valence-corrected chi connectivity index (χ0v) is 18.7. The highest BCUT2D eigenvalue weighted by molar-refractivity contribution is 6.35. The quantitative estimate of drug-likeness (QED) is 0.466. The monoisotopic (exact) mass is 463 g/mol. The number of amides is 1. The summed E-state index contributed by atoms with van der Waals surface area (Å²) in [5.41, 5.74) is 9.38. The number of rotatable bonds is 5. The van der Waals surface area contributed by atoms with E-state index in [1.54, 1.807) is 16.9 Å². The number of hydrogen-bond acceptors (Lipinski definition) is 7. The van der Waals surface area contributed by atoms with Crippen molar-refractivity contribution in [3.05, 3.63) is 47.7 Å². The number of nitrogen functional groups attached to an aromatic ring is 1. The van der Waals surface area contributed by atoms with Crippen LogP contribution in [0.1, 0.15) is 12.8 Å². The second kappa shape index (κ2) is 8.67. The summed E-state index contributed by atoms with van der Waals surface area (Å²) in [5.74, 6) is 0.505. The lowest BCUT2D eigenvalue weighted by Crippen LogP contribution is -2.35. The van der Waals surface area contributed by atoms with Gasteiger partial charge < -0.3 is 15.8 Å². The zero-order chi connectivity index (χ0) is 22.9. The van der Waals surface area contributed by atoms with Gasteiger partial charge in [-0.1, -0.05) is 17.7 Å². The van der Waals surface area contributed by atoms with Crippen LogP contribution in [-0.4, -0.2) is 43.8 Å². The largest absolute Gasteiger partial charge is 0.475 e. The van der Waals surface area contributed by atoms with Gasteiger partial charge in [-0.15, -0.1) is 0 Å². The first-order valence-electron chi connectivity index (χ1n) is 10.6. The number of piperidine rings is 1. The van der Waals surface area contributed by atoms with Crippen molar-refractivity contribution in [2.45, 2.75) is 12.8 Å². The van der Waals surface area contributed by atoms with Crippen molar-refractivity contribution in [1.29, 1.82) is 0 Å². The van der Waals surface area contributed by atoms with Gasteiger partial charge in [0.2, 0.25) is 5.91 Å². The van der Waals surface area contributed by atoms with Gasteiger partial charge in [0.05, 0.1) is 17.1 Å². The summed E-state index contributed by atoms with van der Waals surface area (Å²) >= 11 is 6.54. The molecule has 9 nitrogen and oxygen atoms in total. The van der Waals surface area contributed by atoms with Gasteiger partial charge in [-0.05, 0) is 30.7 Å². The molecule has 10 heteroatoms. The Hall–Kier alpha value is -3.72. The van der Waals surface area contributed by atoms with Gasteiger partial charge in [-0.25, -0.2) is 9.97 Å². The standard InChI is InChI=1S/C23H22ClN7O2/c1-31-8-5-17(30-31)21-20(15-10-14-3-2-6-27-19(14)16(24)11-15)29-23(22(25)28-21)33-12-13-4-7-26-18(32)9-13/h2-3,5-6,8,10-11,13H,4,7,9,12H2,1H3,(H2,25,28)(H,26,32). The van der Waals surface area contributed by atoms with E-state index >= 15 is 0 Å². The molecule has 1 aliphatic rings. The van der Waals surface area contributed by atoms with Gasteiger partial charge in [-0.3, -0.25) is 14.5 Å². The number of benzene rings is 1. The number of carbonyl (C=O) groups excluding carboxylic acids is 1. The fourth-order valence-electron chi connectivity index (χ4n) is 3.94. The highest BCUT2D eigenvalue weighted by Gasteiger charge is 2.23. The number of fused-ring (bicyclic) bond motifs is 1. The maximum atomic E-state index is 11.7. The molecule has 0 spiro atoms. The van der Waals surface area contributed by atoms with E-state index in [0.29, 0.717) is 47.2 Å². The third kappa shape index (κ3) is 4.31. The predicted molar refractivity (Wildman–Crippen MR) is 126 cm³/mol. The zero-order valence-electron chi connectivity index (χ0n) is 18.0. The first-order chi connectivity index (χ1) is 16.0. The summed E-state index contributed by atoms with van der Waals surface area (Å²) in [6.07, 6.45) is 4.78. The topological polar surface area (TPSA) is 121 Å². The van der Waals surface area contributed by atoms with Crippen molar-refractivity contribution in [3.63, 3.8) is 0 Å². The van der Waals surface area contributed by atoms with Crippen LogP contribution >= 0.6 is 11.6 Å². The number of hydrogen-bond donors (Lipinski definition) is 2. The molecule has 1 fully saturated rings. The second-order valence-electron chi connectivity index (χ2n) is 8.04. The summed E-state index contributed by atoms with van der Waals surface area (Å²) in [6, 6.07) is 9.40. The lowest BCUT2D eigenvalue weighted by Gasteiger charge is -2.22. The number of aryl methyl sites for hydroxylation is 1. The predicted octanol–water partition coefficient (Wildman–Crippen LogP) is 3.23. The molecule has 0 saturated carbocycles. The van der Waals surface area contributed by atoms with Gasteiger partial charge >= 0.3 is 0 Å². The molecular weight excluding hydrogens is 442 g/mol. The van der Waals surface area contributed by atoms with E-state index in [4.69, 9.17) is 27.1 Å². The molecule has 1 unspecified atom stereocenters. The van der Waals surface area contributed by atoms with Gasteiger partial charge in [0.1, 0.15) is 17.1 Å². The van der Waals surface area contributed by atoms with E-state index in [2.05, 4.69) is 20.4 Å². The SMILES string of the molecule is Cn1ccc(-c2nc(N)c(OCC3CCNC(=O)C3)nc2-c2cc(Cl)c3ncccc3c2)n1. The number of nitrogens with two attached hydrogens (primary N) is 1. The molecule has 4 heterocycles. The Bertz CT molecular complexity index is 1350. The first kappa shape index (κ1) is 21.1. The molecule has 0 radical (unpaired) electrons. The Balaban J connectivity index is 1.58. The van der Waals surface area contributed by atoms with E-state index in [1.165, 1.54) is 0 Å². The van der Waals surface area contributed by atoms with Crippen LogP contribution in [0.3, 0.4) is 0 Å².